The van der Waals surface area contributed by atoms with Gasteiger partial charge >= 0.3 is 12.1 Å². The van der Waals surface area contributed by atoms with Gasteiger partial charge in [0.15, 0.2) is 5.78 Å². The molecule has 3 fully saturated rings. The summed E-state index contributed by atoms with van der Waals surface area (Å²) >= 11 is 0. The standard InChI is InChI=1S/C34H52N4O5.C11H19N/c1-20(39)28-26-24(34(26,8)9)18-38(28)29(40)27(23-16-21-13-11-10-12-14-22(15-21)17-23)36-30(41)35-25(32(2,3)4)19-43-31(42)37-33(5,6)7;1-8(9(2)10(3)12)7-11-5-4-6-11/h11-15,21,23-28H,10,16-19H2,1-9H3,(H,37,42)(H2,35,36,41);8,11H,2-7,12H2,1H3/b13-11-,14-12-;/t21?,23?,24-,25?,26?,27?,28?;/m0./s1. The summed E-state index contributed by atoms with van der Waals surface area (Å²) in [6.07, 6.45) is 17.9. The number of nitrogens with two attached hydrogens (primary N) is 1. The molecular formula is C45H71N5O5. The van der Waals surface area contributed by atoms with Crippen molar-refractivity contribution >= 4 is 23.8 Å². The lowest BCUT2D eigenvalue weighted by atomic mass is 9.77. The van der Waals surface area contributed by atoms with Gasteiger partial charge in [0.1, 0.15) is 12.6 Å². The van der Waals surface area contributed by atoms with Crippen molar-refractivity contribution in [3.8, 4) is 0 Å². The van der Waals surface area contributed by atoms with Crippen LogP contribution in [0, 0.1) is 46.3 Å². The summed E-state index contributed by atoms with van der Waals surface area (Å²) in [5.41, 5.74) is 7.57. The fraction of sp³-hybridized carbons (Fsp3) is 0.689. The number of hydrogen-bond acceptors (Lipinski definition) is 6. The molecule has 0 radical (unpaired) electrons. The van der Waals surface area contributed by atoms with Gasteiger partial charge in [-0.25, -0.2) is 9.59 Å². The molecule has 306 valence electrons. The van der Waals surface area contributed by atoms with Crippen LogP contribution in [0.25, 0.3) is 0 Å². The largest absolute Gasteiger partial charge is 0.447 e. The first-order chi connectivity index (χ1) is 25.5. The minimum Gasteiger partial charge on any atom is -0.447 e. The van der Waals surface area contributed by atoms with E-state index < -0.39 is 41.2 Å². The predicted octanol–water partition coefficient (Wildman–Crippen LogP) is 7.98. The van der Waals surface area contributed by atoms with Crippen molar-refractivity contribution < 1.29 is 23.9 Å². The van der Waals surface area contributed by atoms with E-state index >= 15 is 0 Å². The predicted molar refractivity (Wildman–Crippen MR) is 221 cm³/mol. The van der Waals surface area contributed by atoms with Crippen molar-refractivity contribution in [3.05, 3.63) is 60.4 Å². The molecule has 1 saturated heterocycles. The summed E-state index contributed by atoms with van der Waals surface area (Å²) in [5.74, 6) is 1.71. The van der Waals surface area contributed by atoms with Gasteiger partial charge < -0.3 is 31.3 Å². The molecule has 0 aromatic carbocycles. The Labute approximate surface area is 331 Å². The number of amides is 4. The quantitative estimate of drug-likeness (QED) is 0.124. The molecule has 5 aliphatic rings. The fourth-order valence-corrected chi connectivity index (χ4v) is 8.79. The highest BCUT2D eigenvalue weighted by Crippen LogP contribution is 2.65. The van der Waals surface area contributed by atoms with Crippen LogP contribution in [0.5, 0.6) is 0 Å². The Balaban J connectivity index is 0.000000477. The SMILES string of the molecule is C=C(N)C(=C)C(C)CC1CCC1.CC(=O)C1C2[C@H](CN1C(=O)C(NC(=O)NC(COC(=O)NC(C)(C)C)C(C)(C)C)C1CC3=CC(/C=C\C/C=C\3)C1)C2(C)C. The second kappa shape index (κ2) is 17.5. The lowest BCUT2D eigenvalue weighted by Gasteiger charge is -2.38. The summed E-state index contributed by atoms with van der Waals surface area (Å²) in [6, 6.07) is -2.27. The molecule has 5 rings (SSSR count). The molecule has 10 nitrogen and oxygen atoms in total. The van der Waals surface area contributed by atoms with Crippen molar-refractivity contribution in [1.82, 2.24) is 20.9 Å². The maximum atomic E-state index is 14.4. The maximum absolute atomic E-state index is 14.4. The van der Waals surface area contributed by atoms with Crippen molar-refractivity contribution in [2.24, 2.45) is 52.1 Å². The molecule has 2 bridgehead atoms. The van der Waals surface area contributed by atoms with E-state index in [9.17, 15) is 19.2 Å². The normalized spacial score (nSPS) is 28.0. The molecule has 4 aliphatic carbocycles. The van der Waals surface area contributed by atoms with Crippen molar-refractivity contribution in [2.45, 2.75) is 138 Å². The summed E-state index contributed by atoms with van der Waals surface area (Å²) in [5, 5.41) is 8.81. The molecule has 0 aromatic heterocycles. The van der Waals surface area contributed by atoms with E-state index in [1.165, 1.54) is 25.7 Å². The van der Waals surface area contributed by atoms with E-state index in [4.69, 9.17) is 10.5 Å². The van der Waals surface area contributed by atoms with Gasteiger partial charge in [0.2, 0.25) is 5.91 Å². The van der Waals surface area contributed by atoms with Crippen LogP contribution < -0.4 is 21.7 Å². The van der Waals surface area contributed by atoms with E-state index in [1.54, 1.807) is 11.8 Å². The number of piperidine rings is 1. The summed E-state index contributed by atoms with van der Waals surface area (Å²) in [4.78, 5) is 55.0. The minimum atomic E-state index is -0.805. The number of nitrogens with one attached hydrogen (secondary N) is 3. The van der Waals surface area contributed by atoms with Crippen LogP contribution in [0.3, 0.4) is 0 Å². The Morgan fingerprint density at radius 2 is 1.73 bits per heavy atom. The fourth-order valence-electron chi connectivity index (χ4n) is 8.79. The van der Waals surface area contributed by atoms with Gasteiger partial charge in [0.25, 0.3) is 0 Å². The van der Waals surface area contributed by atoms with Crippen LogP contribution in [-0.4, -0.2) is 65.5 Å². The monoisotopic (exact) mass is 762 g/mol. The highest BCUT2D eigenvalue weighted by Gasteiger charge is 2.69. The van der Waals surface area contributed by atoms with E-state index in [1.807, 2.05) is 41.5 Å². The number of likely N-dealkylation sites (tertiary alicyclic amines) is 1. The highest BCUT2D eigenvalue weighted by molar-refractivity contribution is 5.93. The Hall–Kier alpha value is -3.82. The van der Waals surface area contributed by atoms with Gasteiger partial charge in [-0.1, -0.05) is 110 Å². The van der Waals surface area contributed by atoms with Gasteiger partial charge in [-0.05, 0) is 105 Å². The summed E-state index contributed by atoms with van der Waals surface area (Å²) in [7, 11) is 0. The molecule has 5 N–H and O–H groups in total. The maximum Gasteiger partial charge on any atom is 0.407 e. The Bertz CT molecular complexity index is 1560. The summed E-state index contributed by atoms with van der Waals surface area (Å²) < 4.78 is 5.48. The van der Waals surface area contributed by atoms with E-state index in [2.05, 4.69) is 80.3 Å². The van der Waals surface area contributed by atoms with Crippen LogP contribution in [-0.2, 0) is 14.3 Å². The number of ketones is 1. The number of urea groups is 1. The van der Waals surface area contributed by atoms with Gasteiger partial charge in [-0.2, -0.15) is 0 Å². The van der Waals surface area contributed by atoms with Crippen LogP contribution in [0.2, 0.25) is 0 Å². The number of Topliss-reactive ketones (excluding diaryl/α,β-unsaturated/α-hetero) is 1. The van der Waals surface area contributed by atoms with Gasteiger partial charge in [0.05, 0.1) is 12.1 Å². The minimum absolute atomic E-state index is 0.00418. The third-order valence-electron chi connectivity index (χ3n) is 12.5. The number of ether oxygens (including phenoxy) is 1. The number of carbonyl (C=O) groups is 4. The molecular weight excluding hydrogens is 691 g/mol. The van der Waals surface area contributed by atoms with Crippen LogP contribution in [0.1, 0.15) is 114 Å². The zero-order chi connectivity index (χ0) is 41.0. The third-order valence-corrected chi connectivity index (χ3v) is 12.5. The first-order valence-corrected chi connectivity index (χ1v) is 20.5. The van der Waals surface area contributed by atoms with Crippen LogP contribution in [0.4, 0.5) is 9.59 Å². The topological polar surface area (TPSA) is 143 Å². The number of fused-ring (bicyclic) bond motifs is 2. The van der Waals surface area contributed by atoms with Crippen LogP contribution in [0.15, 0.2) is 60.4 Å². The molecule has 1 heterocycles. The average Bonchev–Trinajstić information content (AvgIpc) is 3.35. The Kier molecular flexibility index (Phi) is 14.0. The zero-order valence-electron chi connectivity index (χ0n) is 35.4. The smallest absolute Gasteiger partial charge is 0.407 e. The molecule has 0 spiro atoms. The third kappa shape index (κ3) is 11.6. The second-order valence-electron chi connectivity index (χ2n) is 19.6. The van der Waals surface area contributed by atoms with E-state index in [-0.39, 0.29) is 47.4 Å². The number of allylic oxidation sites excluding steroid dienone is 7. The number of rotatable bonds is 11. The van der Waals surface area contributed by atoms with Gasteiger partial charge in [-0.15, -0.1) is 0 Å². The molecule has 7 unspecified atom stereocenters. The van der Waals surface area contributed by atoms with Gasteiger partial charge in [-0.3, -0.25) is 9.59 Å². The number of nitrogens with zero attached hydrogens (tertiary/aromatic N) is 1. The van der Waals surface area contributed by atoms with Crippen molar-refractivity contribution in [3.63, 3.8) is 0 Å². The highest BCUT2D eigenvalue weighted by atomic mass is 16.5. The summed E-state index contributed by atoms with van der Waals surface area (Å²) in [6.45, 7) is 27.7. The zero-order valence-corrected chi connectivity index (χ0v) is 35.4. The van der Waals surface area contributed by atoms with Crippen LogP contribution >= 0.6 is 0 Å². The molecule has 8 atom stereocenters. The lowest BCUT2D eigenvalue weighted by Crippen LogP contribution is -2.60. The van der Waals surface area contributed by atoms with E-state index in [0.29, 0.717) is 24.6 Å². The molecule has 55 heavy (non-hydrogen) atoms. The van der Waals surface area contributed by atoms with Crippen molar-refractivity contribution in [2.75, 3.05) is 13.2 Å². The first kappa shape index (κ1) is 43.9. The number of alkyl carbamates (subject to hydrolysis) is 1. The van der Waals surface area contributed by atoms with Crippen molar-refractivity contribution in [1.29, 1.82) is 0 Å². The molecule has 1 aliphatic heterocycles. The second-order valence-corrected chi connectivity index (χ2v) is 19.6. The van der Waals surface area contributed by atoms with Gasteiger partial charge in [0, 0.05) is 17.8 Å². The molecule has 10 heteroatoms. The molecule has 4 amide bonds. The first-order valence-electron chi connectivity index (χ1n) is 20.5. The average molecular weight is 762 g/mol. The Morgan fingerprint density at radius 3 is 2.29 bits per heavy atom. The Morgan fingerprint density at radius 1 is 1.05 bits per heavy atom. The molecule has 0 aromatic rings. The number of carbonyl (C=O) groups excluding carboxylic acids is 4. The van der Waals surface area contributed by atoms with E-state index in [0.717, 1.165) is 29.9 Å². The lowest BCUT2D eigenvalue weighted by molar-refractivity contribution is -0.141. The number of hydrogen-bond donors (Lipinski definition) is 4. The molecule has 2 saturated carbocycles.